The maximum absolute atomic E-state index is 12.9. The van der Waals surface area contributed by atoms with Crippen molar-refractivity contribution in [1.29, 1.82) is 0 Å². The van der Waals surface area contributed by atoms with E-state index in [1.807, 2.05) is 37.3 Å². The van der Waals surface area contributed by atoms with Gasteiger partial charge in [-0.25, -0.2) is 0 Å². The summed E-state index contributed by atoms with van der Waals surface area (Å²) < 4.78 is 1.64. The minimum absolute atomic E-state index is 0.236. The van der Waals surface area contributed by atoms with Crippen molar-refractivity contribution in [1.82, 2.24) is 20.4 Å². The maximum Gasteiger partial charge on any atom is 0.308 e. The van der Waals surface area contributed by atoms with Gasteiger partial charge in [-0.1, -0.05) is 56.5 Å². The van der Waals surface area contributed by atoms with Gasteiger partial charge >= 0.3 is 5.97 Å². The van der Waals surface area contributed by atoms with Crippen LogP contribution in [0.2, 0.25) is 0 Å². The molecule has 3 N–H and O–H groups in total. The molecule has 166 valence electrons. The van der Waals surface area contributed by atoms with Crippen molar-refractivity contribution < 1.29 is 19.5 Å². The number of rotatable bonds is 9. The number of hydrogen-bond acceptors (Lipinski definition) is 4. The van der Waals surface area contributed by atoms with Gasteiger partial charge in [0.25, 0.3) is 5.91 Å². The van der Waals surface area contributed by atoms with Gasteiger partial charge in [-0.15, -0.1) is 0 Å². The molecule has 0 bridgehead atoms. The Kier molecular flexibility index (Phi) is 7.44. The SMILES string of the molecule is CCCC[C@H](NC(=O)c1cc(-c2ccccc2)n(C)n1)C(=O)N[C@H]1CCC[C@H]1C(=O)O. The number of aryl methyl sites for hydroxylation is 1. The van der Waals surface area contributed by atoms with Crippen molar-refractivity contribution in [2.75, 3.05) is 0 Å². The van der Waals surface area contributed by atoms with Gasteiger partial charge in [0, 0.05) is 13.1 Å². The van der Waals surface area contributed by atoms with Crippen LogP contribution in [0, 0.1) is 5.92 Å². The number of benzene rings is 1. The van der Waals surface area contributed by atoms with Crippen LogP contribution in [0.1, 0.15) is 55.9 Å². The van der Waals surface area contributed by atoms with E-state index in [2.05, 4.69) is 15.7 Å². The molecule has 1 heterocycles. The van der Waals surface area contributed by atoms with Crippen LogP contribution in [-0.2, 0) is 16.6 Å². The molecule has 31 heavy (non-hydrogen) atoms. The van der Waals surface area contributed by atoms with Crippen molar-refractivity contribution in [2.45, 2.75) is 57.5 Å². The lowest BCUT2D eigenvalue weighted by Gasteiger charge is -2.23. The van der Waals surface area contributed by atoms with Crippen molar-refractivity contribution in [2.24, 2.45) is 13.0 Å². The third-order valence-corrected chi connectivity index (χ3v) is 5.81. The van der Waals surface area contributed by atoms with Gasteiger partial charge in [-0.2, -0.15) is 5.10 Å². The number of hydrogen-bond donors (Lipinski definition) is 3. The molecule has 3 rings (SSSR count). The third kappa shape index (κ3) is 5.51. The average molecular weight is 427 g/mol. The molecule has 1 saturated carbocycles. The molecule has 8 nitrogen and oxygen atoms in total. The van der Waals surface area contributed by atoms with Crippen molar-refractivity contribution in [3.8, 4) is 11.3 Å². The molecule has 0 unspecified atom stereocenters. The van der Waals surface area contributed by atoms with Gasteiger partial charge in [0.1, 0.15) is 6.04 Å². The number of unbranched alkanes of at least 4 members (excludes halogenated alkanes) is 1. The number of carbonyl (C=O) groups is 3. The first-order valence-electron chi connectivity index (χ1n) is 10.8. The molecule has 1 fully saturated rings. The molecule has 2 amide bonds. The fourth-order valence-electron chi connectivity index (χ4n) is 4.08. The first-order valence-corrected chi connectivity index (χ1v) is 10.8. The Labute approximate surface area is 182 Å². The molecule has 0 aliphatic heterocycles. The van der Waals surface area contributed by atoms with Crippen LogP contribution in [0.4, 0.5) is 0 Å². The molecular weight excluding hydrogens is 396 g/mol. The standard InChI is InChI=1S/C23H30N4O4/c1-3-4-12-18(21(28)24-17-13-8-11-16(17)23(30)31)25-22(29)19-14-20(27(2)26-19)15-9-6-5-7-10-15/h5-7,9-10,14,16-18H,3-4,8,11-13H2,1-2H3,(H,24,28)(H,25,29)(H,30,31)/t16-,17+,18+/m1/s1. The van der Waals surface area contributed by atoms with E-state index in [0.29, 0.717) is 19.3 Å². The maximum atomic E-state index is 12.9. The smallest absolute Gasteiger partial charge is 0.308 e. The lowest BCUT2D eigenvalue weighted by Crippen LogP contribution is -2.51. The average Bonchev–Trinajstić information content (AvgIpc) is 3.38. The highest BCUT2D eigenvalue weighted by Gasteiger charge is 2.35. The summed E-state index contributed by atoms with van der Waals surface area (Å²) in [7, 11) is 1.77. The van der Waals surface area contributed by atoms with Crippen LogP contribution < -0.4 is 10.6 Å². The van der Waals surface area contributed by atoms with Crippen molar-refractivity contribution in [3.63, 3.8) is 0 Å². The number of amides is 2. The molecular formula is C23H30N4O4. The number of carboxylic acid groups (broad SMARTS) is 1. The largest absolute Gasteiger partial charge is 0.481 e. The Morgan fingerprint density at radius 2 is 1.97 bits per heavy atom. The predicted molar refractivity (Wildman–Crippen MR) is 116 cm³/mol. The van der Waals surface area contributed by atoms with Crippen LogP contribution >= 0.6 is 0 Å². The topological polar surface area (TPSA) is 113 Å². The molecule has 2 aromatic rings. The van der Waals surface area contributed by atoms with Crippen LogP contribution in [0.15, 0.2) is 36.4 Å². The number of carbonyl (C=O) groups excluding carboxylic acids is 2. The van der Waals surface area contributed by atoms with E-state index in [4.69, 9.17) is 0 Å². The summed E-state index contributed by atoms with van der Waals surface area (Å²) >= 11 is 0. The highest BCUT2D eigenvalue weighted by molar-refractivity contribution is 5.97. The summed E-state index contributed by atoms with van der Waals surface area (Å²) in [6.07, 6.45) is 4.09. The van der Waals surface area contributed by atoms with Crippen LogP contribution in [0.3, 0.4) is 0 Å². The molecule has 0 spiro atoms. The molecule has 3 atom stereocenters. The minimum atomic E-state index is -0.890. The highest BCUT2D eigenvalue weighted by Crippen LogP contribution is 2.26. The summed E-state index contributed by atoms with van der Waals surface area (Å²) in [5.41, 5.74) is 1.98. The number of nitrogens with zero attached hydrogens (tertiary/aromatic N) is 2. The number of nitrogens with one attached hydrogen (secondary N) is 2. The first kappa shape index (κ1) is 22.5. The Morgan fingerprint density at radius 1 is 1.23 bits per heavy atom. The predicted octanol–water partition coefficient (Wildman–Crippen LogP) is 2.75. The molecule has 1 aliphatic carbocycles. The Bertz CT molecular complexity index is 925. The Balaban J connectivity index is 1.71. The molecule has 0 saturated heterocycles. The van der Waals surface area contributed by atoms with E-state index < -0.39 is 29.9 Å². The van der Waals surface area contributed by atoms with Crippen molar-refractivity contribution >= 4 is 17.8 Å². The highest BCUT2D eigenvalue weighted by atomic mass is 16.4. The minimum Gasteiger partial charge on any atom is -0.481 e. The molecule has 1 aromatic carbocycles. The zero-order valence-corrected chi connectivity index (χ0v) is 18.0. The van der Waals surface area contributed by atoms with E-state index in [-0.39, 0.29) is 11.6 Å². The van der Waals surface area contributed by atoms with Crippen LogP contribution in [0.25, 0.3) is 11.3 Å². The van der Waals surface area contributed by atoms with Crippen LogP contribution in [0.5, 0.6) is 0 Å². The van der Waals surface area contributed by atoms with Gasteiger partial charge < -0.3 is 15.7 Å². The molecule has 1 aromatic heterocycles. The lowest BCUT2D eigenvalue weighted by molar-refractivity contribution is -0.142. The number of aliphatic carboxylic acids is 1. The number of carboxylic acids is 1. The van der Waals surface area contributed by atoms with E-state index in [1.54, 1.807) is 17.8 Å². The second-order valence-corrected chi connectivity index (χ2v) is 8.06. The van der Waals surface area contributed by atoms with E-state index >= 15 is 0 Å². The van der Waals surface area contributed by atoms with E-state index in [0.717, 1.165) is 30.5 Å². The van der Waals surface area contributed by atoms with E-state index in [1.165, 1.54) is 0 Å². The first-order chi connectivity index (χ1) is 14.9. The quantitative estimate of drug-likeness (QED) is 0.571. The lowest BCUT2D eigenvalue weighted by atomic mass is 10.0. The zero-order valence-electron chi connectivity index (χ0n) is 18.0. The van der Waals surface area contributed by atoms with Crippen molar-refractivity contribution in [3.05, 3.63) is 42.1 Å². The molecule has 8 heteroatoms. The summed E-state index contributed by atoms with van der Waals surface area (Å²) in [6, 6.07) is 10.2. The fraction of sp³-hybridized carbons (Fsp3) is 0.478. The van der Waals surface area contributed by atoms with Gasteiger partial charge in [-0.05, 0) is 30.9 Å². The molecule has 1 aliphatic rings. The Hall–Kier alpha value is -3.16. The summed E-state index contributed by atoms with van der Waals surface area (Å²) in [4.78, 5) is 37.2. The van der Waals surface area contributed by atoms with Gasteiger partial charge in [-0.3, -0.25) is 19.1 Å². The summed E-state index contributed by atoms with van der Waals surface area (Å²) in [5, 5.41) is 19.3. The summed E-state index contributed by atoms with van der Waals surface area (Å²) in [6.45, 7) is 2.01. The second-order valence-electron chi connectivity index (χ2n) is 8.06. The monoisotopic (exact) mass is 426 g/mol. The third-order valence-electron chi connectivity index (χ3n) is 5.81. The van der Waals surface area contributed by atoms with Gasteiger partial charge in [0.2, 0.25) is 5.91 Å². The van der Waals surface area contributed by atoms with Gasteiger partial charge in [0.15, 0.2) is 5.69 Å². The summed E-state index contributed by atoms with van der Waals surface area (Å²) in [5.74, 6) is -2.22. The normalized spacial score (nSPS) is 19.0. The second kappa shape index (κ2) is 10.2. The Morgan fingerprint density at radius 3 is 2.65 bits per heavy atom. The fourth-order valence-corrected chi connectivity index (χ4v) is 4.08. The van der Waals surface area contributed by atoms with E-state index in [9.17, 15) is 19.5 Å². The number of aromatic nitrogens is 2. The molecule has 0 radical (unpaired) electrons. The van der Waals surface area contributed by atoms with Crippen LogP contribution in [-0.4, -0.2) is 44.8 Å². The van der Waals surface area contributed by atoms with Gasteiger partial charge in [0.05, 0.1) is 11.6 Å². The zero-order chi connectivity index (χ0) is 22.4.